The van der Waals surface area contributed by atoms with Crippen molar-refractivity contribution in [3.8, 4) is 5.75 Å². The molecule has 10 heteroatoms. The second-order valence-corrected chi connectivity index (χ2v) is 11.2. The Balaban J connectivity index is 2.12. The molecule has 0 unspecified atom stereocenters. The third-order valence-electron chi connectivity index (χ3n) is 6.20. The standard InChI is InChI=1S/C28H32ClN3O5S/c1-19-10-13-23(14-11-19)38(35,36)32(25-16-20(2)12-15-26(25)37-5)18-27(33)31(21(3)28(34)30-4)17-22-8-6-7-9-24(22)29/h6-16,21H,17-18H2,1-5H3,(H,30,34)/t21-/m1/s1. The summed E-state index contributed by atoms with van der Waals surface area (Å²) in [4.78, 5) is 27.8. The fourth-order valence-electron chi connectivity index (χ4n) is 3.95. The van der Waals surface area contributed by atoms with Crippen molar-refractivity contribution in [2.24, 2.45) is 0 Å². The van der Waals surface area contributed by atoms with Gasteiger partial charge in [-0.25, -0.2) is 8.42 Å². The minimum Gasteiger partial charge on any atom is -0.495 e. The highest BCUT2D eigenvalue weighted by Gasteiger charge is 2.33. The molecule has 3 aromatic rings. The molecule has 0 fully saturated rings. The Labute approximate surface area is 229 Å². The van der Waals surface area contributed by atoms with Gasteiger partial charge in [0.15, 0.2) is 0 Å². The van der Waals surface area contributed by atoms with Gasteiger partial charge in [0.2, 0.25) is 11.8 Å². The molecular weight excluding hydrogens is 526 g/mol. The first-order valence-electron chi connectivity index (χ1n) is 12.0. The number of carbonyl (C=O) groups excluding carboxylic acids is 2. The normalized spacial score (nSPS) is 11.9. The summed E-state index contributed by atoms with van der Waals surface area (Å²) in [6, 6.07) is 17.6. The van der Waals surface area contributed by atoms with Crippen LogP contribution in [0.4, 0.5) is 5.69 Å². The van der Waals surface area contributed by atoms with Crippen molar-refractivity contribution in [1.29, 1.82) is 0 Å². The number of methoxy groups -OCH3 is 1. The highest BCUT2D eigenvalue weighted by Crippen LogP contribution is 2.34. The Morgan fingerprint density at radius 2 is 1.63 bits per heavy atom. The Hall–Kier alpha value is -3.56. The average molecular weight is 558 g/mol. The van der Waals surface area contributed by atoms with Crippen LogP contribution in [0.3, 0.4) is 0 Å². The molecule has 1 N–H and O–H groups in total. The number of amides is 2. The van der Waals surface area contributed by atoms with Crippen molar-refractivity contribution >= 4 is 39.1 Å². The Morgan fingerprint density at radius 3 is 2.24 bits per heavy atom. The number of anilines is 1. The number of carbonyl (C=O) groups is 2. The summed E-state index contributed by atoms with van der Waals surface area (Å²) in [5, 5.41) is 2.98. The molecular formula is C28H32ClN3O5S. The van der Waals surface area contributed by atoms with Gasteiger partial charge >= 0.3 is 0 Å². The van der Waals surface area contributed by atoms with Gasteiger partial charge in [0, 0.05) is 18.6 Å². The van der Waals surface area contributed by atoms with Crippen molar-refractivity contribution in [1.82, 2.24) is 10.2 Å². The van der Waals surface area contributed by atoms with Crippen molar-refractivity contribution in [2.45, 2.75) is 38.3 Å². The Bertz CT molecular complexity index is 1410. The van der Waals surface area contributed by atoms with Gasteiger partial charge in [-0.1, -0.05) is 53.6 Å². The molecule has 0 aliphatic heterocycles. The van der Waals surface area contributed by atoms with E-state index in [1.807, 2.05) is 13.8 Å². The number of aryl methyl sites for hydroxylation is 2. The maximum atomic E-state index is 14.0. The van der Waals surface area contributed by atoms with E-state index in [1.165, 1.54) is 31.2 Å². The number of halogens is 1. The van der Waals surface area contributed by atoms with Gasteiger partial charge in [0.1, 0.15) is 18.3 Å². The van der Waals surface area contributed by atoms with Crippen LogP contribution in [0.1, 0.15) is 23.6 Å². The molecule has 0 aliphatic carbocycles. The third kappa shape index (κ3) is 6.46. The van der Waals surface area contributed by atoms with Crippen molar-refractivity contribution < 1.29 is 22.7 Å². The van der Waals surface area contributed by atoms with Gasteiger partial charge in [-0.2, -0.15) is 0 Å². The highest BCUT2D eigenvalue weighted by atomic mass is 35.5. The number of benzene rings is 3. The number of likely N-dealkylation sites (N-methyl/N-ethyl adjacent to an activating group) is 1. The number of rotatable bonds is 10. The van der Waals surface area contributed by atoms with E-state index in [1.54, 1.807) is 61.5 Å². The number of sulfonamides is 1. The predicted octanol–water partition coefficient (Wildman–Crippen LogP) is 4.32. The zero-order chi connectivity index (χ0) is 28.0. The minimum atomic E-state index is -4.20. The minimum absolute atomic E-state index is 0.0104. The van der Waals surface area contributed by atoms with Gasteiger partial charge in [-0.05, 0) is 62.2 Å². The second kappa shape index (κ2) is 12.3. The number of hydrogen-bond donors (Lipinski definition) is 1. The van der Waals surface area contributed by atoms with Crippen LogP contribution in [0.15, 0.2) is 71.6 Å². The zero-order valence-electron chi connectivity index (χ0n) is 22.1. The van der Waals surface area contributed by atoms with E-state index >= 15 is 0 Å². The lowest BCUT2D eigenvalue weighted by Crippen LogP contribution is -2.50. The molecule has 0 spiro atoms. The summed E-state index contributed by atoms with van der Waals surface area (Å²) in [6.45, 7) is 4.70. The SMILES string of the molecule is CNC(=O)[C@@H](C)N(Cc1ccccc1Cl)C(=O)CN(c1cc(C)ccc1OC)S(=O)(=O)c1ccc(C)cc1. The molecule has 3 aromatic carbocycles. The summed E-state index contributed by atoms with van der Waals surface area (Å²) in [5.41, 5.74) is 2.51. The first kappa shape index (κ1) is 29.0. The van der Waals surface area contributed by atoms with Crippen molar-refractivity contribution in [2.75, 3.05) is 25.0 Å². The molecule has 38 heavy (non-hydrogen) atoms. The van der Waals surface area contributed by atoms with E-state index in [0.29, 0.717) is 10.6 Å². The molecule has 0 radical (unpaired) electrons. The first-order valence-corrected chi connectivity index (χ1v) is 13.8. The molecule has 0 aromatic heterocycles. The van der Waals surface area contributed by atoms with Crippen LogP contribution in [-0.4, -0.2) is 51.9 Å². The van der Waals surface area contributed by atoms with Gasteiger partial charge in [-0.15, -0.1) is 0 Å². The van der Waals surface area contributed by atoms with Crippen molar-refractivity contribution in [3.63, 3.8) is 0 Å². The molecule has 202 valence electrons. The number of ether oxygens (including phenoxy) is 1. The lowest BCUT2D eigenvalue weighted by molar-refractivity contribution is -0.139. The molecule has 0 saturated carbocycles. The third-order valence-corrected chi connectivity index (χ3v) is 8.35. The molecule has 0 bridgehead atoms. The van der Waals surface area contributed by atoms with Gasteiger partial charge in [-0.3, -0.25) is 13.9 Å². The quantitative estimate of drug-likeness (QED) is 0.400. The Morgan fingerprint density at radius 1 is 1.00 bits per heavy atom. The van der Waals surface area contributed by atoms with Gasteiger partial charge in [0.05, 0.1) is 17.7 Å². The maximum Gasteiger partial charge on any atom is 0.264 e. The number of nitrogens with zero attached hydrogens (tertiary/aromatic N) is 2. The first-order chi connectivity index (χ1) is 18.0. The largest absolute Gasteiger partial charge is 0.495 e. The smallest absolute Gasteiger partial charge is 0.264 e. The molecule has 0 heterocycles. The van der Waals surface area contributed by atoms with Crippen LogP contribution >= 0.6 is 11.6 Å². The number of hydrogen-bond acceptors (Lipinski definition) is 5. The molecule has 0 saturated heterocycles. The van der Waals surface area contributed by atoms with Crippen LogP contribution < -0.4 is 14.4 Å². The van der Waals surface area contributed by atoms with Crippen LogP contribution in [0.2, 0.25) is 5.02 Å². The summed E-state index contributed by atoms with van der Waals surface area (Å²) >= 11 is 6.35. The second-order valence-electron chi connectivity index (χ2n) is 8.90. The summed E-state index contributed by atoms with van der Waals surface area (Å²) < 4.78 is 34.4. The van der Waals surface area contributed by atoms with E-state index < -0.39 is 34.4 Å². The topological polar surface area (TPSA) is 96.0 Å². The number of nitrogens with one attached hydrogen (secondary N) is 1. The van der Waals surface area contributed by atoms with Crippen LogP contribution in [0.5, 0.6) is 5.75 Å². The molecule has 2 amide bonds. The van der Waals surface area contributed by atoms with E-state index in [0.717, 1.165) is 15.4 Å². The molecule has 3 rings (SSSR count). The van der Waals surface area contributed by atoms with E-state index in [4.69, 9.17) is 16.3 Å². The van der Waals surface area contributed by atoms with E-state index in [9.17, 15) is 18.0 Å². The molecule has 1 atom stereocenters. The summed E-state index contributed by atoms with van der Waals surface area (Å²) in [5.74, 6) is -0.692. The monoisotopic (exact) mass is 557 g/mol. The van der Waals surface area contributed by atoms with Crippen LogP contribution in [0, 0.1) is 13.8 Å². The van der Waals surface area contributed by atoms with E-state index in [2.05, 4.69) is 5.32 Å². The average Bonchev–Trinajstić information content (AvgIpc) is 2.90. The Kier molecular flexibility index (Phi) is 9.40. The van der Waals surface area contributed by atoms with E-state index in [-0.39, 0.29) is 22.9 Å². The fourth-order valence-corrected chi connectivity index (χ4v) is 5.56. The van der Waals surface area contributed by atoms with Crippen LogP contribution in [-0.2, 0) is 26.2 Å². The van der Waals surface area contributed by atoms with Crippen LogP contribution in [0.25, 0.3) is 0 Å². The molecule has 8 nitrogen and oxygen atoms in total. The van der Waals surface area contributed by atoms with Gasteiger partial charge in [0.25, 0.3) is 10.0 Å². The van der Waals surface area contributed by atoms with Gasteiger partial charge < -0.3 is 15.0 Å². The summed E-state index contributed by atoms with van der Waals surface area (Å²) in [6.07, 6.45) is 0. The predicted molar refractivity (Wildman–Crippen MR) is 149 cm³/mol. The lowest BCUT2D eigenvalue weighted by Gasteiger charge is -2.32. The zero-order valence-corrected chi connectivity index (χ0v) is 23.6. The highest BCUT2D eigenvalue weighted by molar-refractivity contribution is 7.92. The maximum absolute atomic E-state index is 14.0. The summed E-state index contributed by atoms with van der Waals surface area (Å²) in [7, 11) is -1.29. The molecule has 0 aliphatic rings. The van der Waals surface area contributed by atoms with Crippen molar-refractivity contribution in [3.05, 3.63) is 88.4 Å². The fraction of sp³-hybridized carbons (Fsp3) is 0.286. The lowest BCUT2D eigenvalue weighted by atomic mass is 10.1.